The third kappa shape index (κ3) is 4.08. The fourth-order valence-corrected chi connectivity index (χ4v) is 9.63. The van der Waals surface area contributed by atoms with Crippen molar-refractivity contribution in [1.82, 2.24) is 9.97 Å². The van der Waals surface area contributed by atoms with Crippen molar-refractivity contribution in [2.45, 2.75) is 15.2 Å². The van der Waals surface area contributed by atoms with Crippen LogP contribution in [0, 0.1) is 0 Å². The number of nitrogens with zero attached hydrogens (tertiary/aromatic N) is 2. The quantitative estimate of drug-likeness (QED) is 0.188. The second-order valence-corrected chi connectivity index (χ2v) is 14.3. The van der Waals surface area contributed by atoms with Gasteiger partial charge in [0.1, 0.15) is 11.2 Å². The van der Waals surface area contributed by atoms with Gasteiger partial charge in [0.2, 0.25) is 0 Å². The molecule has 11 rings (SSSR count). The van der Waals surface area contributed by atoms with E-state index in [1.165, 1.54) is 43.2 Å². The minimum atomic E-state index is -0.538. The summed E-state index contributed by atoms with van der Waals surface area (Å²) in [6, 6.07) is 60.6. The Hall–Kier alpha value is -6.23. The van der Waals surface area contributed by atoms with Crippen LogP contribution in [0.25, 0.3) is 67.0 Å². The second kappa shape index (κ2) is 10.9. The Morgan fingerprint density at radius 1 is 0.431 bits per heavy atom. The van der Waals surface area contributed by atoms with E-state index in [0.29, 0.717) is 5.82 Å². The Morgan fingerprint density at radius 2 is 1.06 bits per heavy atom. The molecule has 0 fully saturated rings. The van der Waals surface area contributed by atoms with Crippen LogP contribution in [0.1, 0.15) is 22.3 Å². The summed E-state index contributed by atoms with van der Waals surface area (Å²) in [5.41, 5.74) is 13.6. The Labute approximate surface area is 299 Å². The lowest BCUT2D eigenvalue weighted by atomic mass is 9.67. The smallest absolute Gasteiger partial charge is 0.160 e. The summed E-state index contributed by atoms with van der Waals surface area (Å²) in [5.74, 6) is 0.704. The summed E-state index contributed by atoms with van der Waals surface area (Å²) in [5, 5.41) is 2.26. The largest absolute Gasteiger partial charge is 0.456 e. The maximum absolute atomic E-state index is 6.58. The monoisotopic (exact) mass is 668 g/mol. The van der Waals surface area contributed by atoms with Gasteiger partial charge in [-0.15, -0.1) is 0 Å². The van der Waals surface area contributed by atoms with Gasteiger partial charge in [-0.2, -0.15) is 0 Å². The first-order chi connectivity index (χ1) is 25.3. The summed E-state index contributed by atoms with van der Waals surface area (Å²) in [4.78, 5) is 13.0. The molecule has 0 radical (unpaired) electrons. The first kappa shape index (κ1) is 28.6. The maximum atomic E-state index is 6.58. The van der Waals surface area contributed by atoms with Gasteiger partial charge in [-0.1, -0.05) is 145 Å². The molecule has 238 valence electrons. The summed E-state index contributed by atoms with van der Waals surface area (Å²) >= 11 is 1.86. The van der Waals surface area contributed by atoms with E-state index in [9.17, 15) is 0 Å². The third-order valence-electron chi connectivity index (χ3n) is 10.6. The van der Waals surface area contributed by atoms with E-state index < -0.39 is 5.41 Å². The standard InChI is InChI=1S/C47H28N2OS/c1-3-14-29(15-4-1)39-28-40(49-46(48-39)30-16-5-2-6-17-30)32-19-13-22-37-45(32)34-27-42-33(31-18-7-10-23-41(31)50-42)26-38(34)47(37)35-20-8-11-24-43(35)51-44-25-12-9-21-36(44)47/h1-28H. The normalized spacial score (nSPS) is 13.6. The van der Waals surface area contributed by atoms with Gasteiger partial charge in [0.05, 0.1) is 16.8 Å². The molecule has 3 heterocycles. The van der Waals surface area contributed by atoms with Crippen molar-refractivity contribution in [1.29, 1.82) is 0 Å². The number of para-hydroxylation sites is 1. The average Bonchev–Trinajstić information content (AvgIpc) is 3.71. The average molecular weight is 669 g/mol. The fraction of sp³-hybridized carbons (Fsp3) is 0.0213. The molecule has 3 nitrogen and oxygen atoms in total. The maximum Gasteiger partial charge on any atom is 0.160 e. The van der Waals surface area contributed by atoms with Crippen LogP contribution in [-0.2, 0) is 5.41 Å². The minimum absolute atomic E-state index is 0.538. The molecule has 0 unspecified atom stereocenters. The molecule has 1 aliphatic carbocycles. The number of hydrogen-bond acceptors (Lipinski definition) is 4. The van der Waals surface area contributed by atoms with Crippen LogP contribution < -0.4 is 0 Å². The van der Waals surface area contributed by atoms with Crippen LogP contribution in [0.2, 0.25) is 0 Å². The van der Waals surface area contributed by atoms with E-state index in [1.54, 1.807) is 0 Å². The molecule has 2 aromatic heterocycles. The zero-order valence-corrected chi connectivity index (χ0v) is 28.2. The molecule has 4 heteroatoms. The molecule has 51 heavy (non-hydrogen) atoms. The molecule has 1 aliphatic heterocycles. The zero-order valence-electron chi connectivity index (χ0n) is 27.4. The Morgan fingerprint density at radius 3 is 1.82 bits per heavy atom. The van der Waals surface area contributed by atoms with Crippen molar-refractivity contribution in [2.24, 2.45) is 0 Å². The Balaban J connectivity index is 1.28. The van der Waals surface area contributed by atoms with E-state index in [-0.39, 0.29) is 0 Å². The number of rotatable bonds is 3. The molecule has 0 saturated heterocycles. The van der Waals surface area contributed by atoms with Gasteiger partial charge in [0.15, 0.2) is 5.82 Å². The van der Waals surface area contributed by atoms with E-state index in [1.807, 2.05) is 42.1 Å². The van der Waals surface area contributed by atoms with Crippen molar-refractivity contribution >= 4 is 33.7 Å². The summed E-state index contributed by atoms with van der Waals surface area (Å²) in [7, 11) is 0. The van der Waals surface area contributed by atoms with Crippen molar-refractivity contribution in [3.8, 4) is 45.0 Å². The predicted molar refractivity (Wildman–Crippen MR) is 207 cm³/mol. The highest BCUT2D eigenvalue weighted by Gasteiger charge is 2.51. The number of furan rings is 1. The molecular formula is C47H28N2OS. The number of aromatic nitrogens is 2. The van der Waals surface area contributed by atoms with Crippen LogP contribution in [0.5, 0.6) is 0 Å². The van der Waals surface area contributed by atoms with Gasteiger partial charge in [-0.05, 0) is 69.8 Å². The van der Waals surface area contributed by atoms with Crippen molar-refractivity contribution in [2.75, 3.05) is 0 Å². The molecule has 0 bridgehead atoms. The SMILES string of the molecule is c1ccc(-c2cc(-c3cccc4c3-c3cc5oc6ccccc6c5cc3C43c4ccccc4Sc4ccccc43)nc(-c3ccccc3)n2)cc1. The zero-order chi connectivity index (χ0) is 33.5. The fourth-order valence-electron chi connectivity index (χ4n) is 8.44. The van der Waals surface area contributed by atoms with E-state index in [2.05, 4.69) is 140 Å². The summed E-state index contributed by atoms with van der Waals surface area (Å²) < 4.78 is 6.58. The van der Waals surface area contributed by atoms with Crippen molar-refractivity contribution in [3.05, 3.63) is 192 Å². The number of hydrogen-bond donors (Lipinski definition) is 0. The van der Waals surface area contributed by atoms with Crippen LogP contribution in [0.3, 0.4) is 0 Å². The highest BCUT2D eigenvalue weighted by atomic mass is 32.2. The van der Waals surface area contributed by atoms with E-state index in [4.69, 9.17) is 14.4 Å². The molecular weight excluding hydrogens is 641 g/mol. The second-order valence-electron chi connectivity index (χ2n) is 13.3. The van der Waals surface area contributed by atoms with E-state index >= 15 is 0 Å². The molecule has 0 saturated carbocycles. The first-order valence-corrected chi connectivity index (χ1v) is 18.1. The number of benzene rings is 7. The predicted octanol–water partition coefficient (Wildman–Crippen LogP) is 12.2. The first-order valence-electron chi connectivity index (χ1n) is 17.2. The van der Waals surface area contributed by atoms with Gasteiger partial charge >= 0.3 is 0 Å². The van der Waals surface area contributed by atoms with Gasteiger partial charge < -0.3 is 4.42 Å². The van der Waals surface area contributed by atoms with Crippen LogP contribution >= 0.6 is 11.8 Å². The minimum Gasteiger partial charge on any atom is -0.456 e. The van der Waals surface area contributed by atoms with Gasteiger partial charge in [-0.25, -0.2) is 9.97 Å². The van der Waals surface area contributed by atoms with E-state index in [0.717, 1.165) is 50.0 Å². The lowest BCUT2D eigenvalue weighted by Crippen LogP contribution is -2.31. The molecule has 7 aromatic carbocycles. The lowest BCUT2D eigenvalue weighted by molar-refractivity contribution is 0.668. The summed E-state index contributed by atoms with van der Waals surface area (Å²) in [6.45, 7) is 0. The molecule has 1 spiro atoms. The topological polar surface area (TPSA) is 38.9 Å². The highest BCUT2D eigenvalue weighted by Crippen LogP contribution is 2.64. The Kier molecular flexibility index (Phi) is 6.10. The molecule has 0 amide bonds. The number of fused-ring (bicyclic) bond motifs is 12. The molecule has 2 aliphatic rings. The molecule has 0 N–H and O–H groups in total. The van der Waals surface area contributed by atoms with Crippen molar-refractivity contribution < 1.29 is 4.42 Å². The van der Waals surface area contributed by atoms with Gasteiger partial charge in [0, 0.05) is 37.3 Å². The van der Waals surface area contributed by atoms with Crippen LogP contribution in [0.4, 0.5) is 0 Å². The lowest BCUT2D eigenvalue weighted by Gasteiger charge is -2.39. The van der Waals surface area contributed by atoms with Gasteiger partial charge in [-0.3, -0.25) is 0 Å². The van der Waals surface area contributed by atoms with Crippen LogP contribution in [-0.4, -0.2) is 9.97 Å². The van der Waals surface area contributed by atoms with Crippen LogP contribution in [0.15, 0.2) is 184 Å². The van der Waals surface area contributed by atoms with Crippen molar-refractivity contribution in [3.63, 3.8) is 0 Å². The molecule has 9 aromatic rings. The third-order valence-corrected chi connectivity index (χ3v) is 11.7. The molecule has 0 atom stereocenters. The Bertz CT molecular complexity index is 2740. The summed E-state index contributed by atoms with van der Waals surface area (Å²) in [6.07, 6.45) is 0. The van der Waals surface area contributed by atoms with Gasteiger partial charge in [0.25, 0.3) is 0 Å². The highest BCUT2D eigenvalue weighted by molar-refractivity contribution is 7.99.